The molecule has 0 aliphatic rings. The first kappa shape index (κ1) is 30.4. The van der Waals surface area contributed by atoms with Crippen LogP contribution in [0.5, 0.6) is 0 Å². The molecule has 0 radical (unpaired) electrons. The van der Waals surface area contributed by atoms with Gasteiger partial charge in [0.2, 0.25) is 0 Å². The smallest absolute Gasteiger partial charge is 0.257 e. The van der Waals surface area contributed by atoms with Gasteiger partial charge in [-0.1, -0.05) is 45.7 Å². The Labute approximate surface area is 221 Å². The predicted octanol–water partition coefficient (Wildman–Crippen LogP) is 2.01. The third-order valence-corrected chi connectivity index (χ3v) is 7.03. The van der Waals surface area contributed by atoms with Crippen molar-refractivity contribution in [3.63, 3.8) is 0 Å². The number of primary sulfonamides is 2. The van der Waals surface area contributed by atoms with E-state index in [1.165, 1.54) is 9.03 Å². The summed E-state index contributed by atoms with van der Waals surface area (Å²) in [6.07, 6.45) is 2.62. The van der Waals surface area contributed by atoms with Gasteiger partial charge in [0.25, 0.3) is 20.0 Å². The quantitative estimate of drug-likeness (QED) is 0.333. The number of rotatable bonds is 7. The van der Waals surface area contributed by atoms with Gasteiger partial charge in [0.15, 0.2) is 21.3 Å². The standard InChI is InChI=1S/C11H17N5O2S.C9H11ClN4O2S.CH4/c1-4-5-8-11(19(12,17)18)16-9(13-8)6-7-10(14-16)15(2)3;1-2-3-6-9(17(11,15)16)14-8(12-6)5-4-7(10)13-14;/h6-7H,4-5H2,1-3H3,(H2,12,17,18);4-5H,2-3H2,1H3,(H2,11,15,16);1H4. The Morgan fingerprint density at radius 1 is 0.811 bits per heavy atom. The Bertz CT molecular complexity index is 1610. The van der Waals surface area contributed by atoms with Gasteiger partial charge in [-0.2, -0.15) is 14.1 Å². The van der Waals surface area contributed by atoms with E-state index in [1.54, 1.807) is 29.2 Å². The molecule has 4 aromatic rings. The number of sulfonamides is 2. The fraction of sp³-hybridized carbons (Fsp3) is 0.429. The van der Waals surface area contributed by atoms with Crippen LogP contribution < -0.4 is 15.2 Å². The van der Waals surface area contributed by atoms with E-state index in [1.807, 2.05) is 27.9 Å². The number of fused-ring (bicyclic) bond motifs is 2. The summed E-state index contributed by atoms with van der Waals surface area (Å²) in [5, 5.41) is 18.7. The minimum Gasteiger partial charge on any atom is -0.361 e. The maximum absolute atomic E-state index is 11.7. The average molecular weight is 574 g/mol. The summed E-state index contributed by atoms with van der Waals surface area (Å²) >= 11 is 5.73. The molecule has 4 rings (SSSR count). The van der Waals surface area contributed by atoms with Gasteiger partial charge >= 0.3 is 0 Å². The molecule has 0 aliphatic carbocycles. The number of aromatic nitrogens is 6. The Morgan fingerprint density at radius 2 is 1.24 bits per heavy atom. The number of hydrogen-bond acceptors (Lipinski definition) is 9. The molecule has 0 fully saturated rings. The molecule has 0 saturated heterocycles. The maximum atomic E-state index is 11.7. The van der Waals surface area contributed by atoms with Crippen molar-refractivity contribution in [2.75, 3.05) is 19.0 Å². The van der Waals surface area contributed by atoms with Crippen LogP contribution in [0.15, 0.2) is 34.3 Å². The van der Waals surface area contributed by atoms with E-state index in [2.05, 4.69) is 20.2 Å². The number of aryl methyl sites for hydroxylation is 2. The monoisotopic (exact) mass is 573 g/mol. The van der Waals surface area contributed by atoms with Crippen LogP contribution in [0.1, 0.15) is 45.5 Å². The Kier molecular flexibility index (Phi) is 9.59. The fourth-order valence-electron chi connectivity index (χ4n) is 3.49. The highest BCUT2D eigenvalue weighted by Gasteiger charge is 2.23. The van der Waals surface area contributed by atoms with Crippen LogP contribution >= 0.6 is 11.6 Å². The van der Waals surface area contributed by atoms with Crippen molar-refractivity contribution in [3.8, 4) is 0 Å². The zero-order chi connectivity index (χ0) is 26.8. The SMILES string of the molecule is C.CCCc1nc2ccc(Cl)nn2c1S(N)(=O)=O.CCCc1nc2ccc(N(C)C)nn2c1S(N)(=O)=O. The number of nitrogens with zero attached hydrogens (tertiary/aromatic N) is 7. The third-order valence-electron chi connectivity index (χ3n) is 4.93. The fourth-order valence-corrected chi connectivity index (χ4v) is 5.33. The van der Waals surface area contributed by atoms with Crippen molar-refractivity contribution in [1.29, 1.82) is 0 Å². The predicted molar refractivity (Wildman–Crippen MR) is 143 cm³/mol. The van der Waals surface area contributed by atoms with Gasteiger partial charge in [0.05, 0.1) is 11.4 Å². The molecule has 0 aliphatic heterocycles. The number of anilines is 1. The molecule has 0 unspecified atom stereocenters. The van der Waals surface area contributed by atoms with E-state index in [-0.39, 0.29) is 22.6 Å². The first-order valence-electron chi connectivity index (χ1n) is 10.9. The third kappa shape index (κ3) is 6.73. The molecule has 0 bridgehead atoms. The van der Waals surface area contributed by atoms with Gasteiger partial charge in [-0.25, -0.2) is 37.1 Å². The van der Waals surface area contributed by atoms with Crippen LogP contribution in [-0.2, 0) is 32.9 Å². The summed E-state index contributed by atoms with van der Waals surface area (Å²) in [4.78, 5) is 10.3. The number of nitrogens with two attached hydrogens (primary N) is 2. The lowest BCUT2D eigenvalue weighted by molar-refractivity contribution is 0.585. The van der Waals surface area contributed by atoms with Gasteiger partial charge in [-0.3, -0.25) is 0 Å². The topological polar surface area (TPSA) is 184 Å². The molecule has 13 nitrogen and oxygen atoms in total. The van der Waals surface area contributed by atoms with E-state index < -0.39 is 20.0 Å². The maximum Gasteiger partial charge on any atom is 0.257 e. The van der Waals surface area contributed by atoms with Crippen molar-refractivity contribution in [1.82, 2.24) is 29.2 Å². The Morgan fingerprint density at radius 3 is 1.65 bits per heavy atom. The number of halogens is 1. The first-order valence-corrected chi connectivity index (χ1v) is 14.4. The van der Waals surface area contributed by atoms with E-state index in [0.717, 1.165) is 12.8 Å². The Hall–Kier alpha value is -2.85. The summed E-state index contributed by atoms with van der Waals surface area (Å²) < 4.78 is 49.1. The summed E-state index contributed by atoms with van der Waals surface area (Å²) in [6, 6.07) is 6.66. The van der Waals surface area contributed by atoms with E-state index >= 15 is 0 Å². The van der Waals surface area contributed by atoms with Crippen LogP contribution in [0, 0.1) is 0 Å². The molecule has 4 N–H and O–H groups in total. The molecule has 0 saturated carbocycles. The second-order valence-corrected chi connectivity index (χ2v) is 11.4. The molecule has 4 heterocycles. The molecule has 16 heteroatoms. The lowest BCUT2D eigenvalue weighted by Gasteiger charge is -2.11. The molecular formula is C21H32ClN9O4S2. The first-order chi connectivity index (χ1) is 16.8. The highest BCUT2D eigenvalue weighted by atomic mass is 35.5. The van der Waals surface area contributed by atoms with Crippen molar-refractivity contribution in [2.45, 2.75) is 57.0 Å². The minimum atomic E-state index is -3.88. The normalized spacial score (nSPS) is 11.8. The van der Waals surface area contributed by atoms with Crippen molar-refractivity contribution >= 4 is 48.8 Å². The zero-order valence-electron chi connectivity index (χ0n) is 20.3. The summed E-state index contributed by atoms with van der Waals surface area (Å²) in [6.45, 7) is 3.88. The molecular weight excluding hydrogens is 542 g/mol. The second kappa shape index (κ2) is 11.7. The van der Waals surface area contributed by atoms with Crippen LogP contribution in [-0.4, -0.2) is 60.1 Å². The second-order valence-electron chi connectivity index (χ2n) is 8.10. The van der Waals surface area contributed by atoms with E-state index in [9.17, 15) is 16.8 Å². The number of hydrogen-bond donors (Lipinski definition) is 2. The molecule has 37 heavy (non-hydrogen) atoms. The molecule has 0 spiro atoms. The van der Waals surface area contributed by atoms with Gasteiger partial charge in [-0.05, 0) is 37.1 Å². The zero-order valence-corrected chi connectivity index (χ0v) is 22.6. The summed E-state index contributed by atoms with van der Waals surface area (Å²) in [5.41, 5.74) is 1.79. The van der Waals surface area contributed by atoms with Gasteiger partial charge < -0.3 is 4.90 Å². The van der Waals surface area contributed by atoms with Crippen LogP contribution in [0.25, 0.3) is 11.3 Å². The van der Waals surface area contributed by atoms with Gasteiger partial charge in [0.1, 0.15) is 11.0 Å². The molecule has 204 valence electrons. The lowest BCUT2D eigenvalue weighted by Crippen LogP contribution is -2.19. The molecule has 4 aromatic heterocycles. The number of imidazole rings is 2. The summed E-state index contributed by atoms with van der Waals surface area (Å²) in [7, 11) is -4.08. The summed E-state index contributed by atoms with van der Waals surface area (Å²) in [5.74, 6) is 0.637. The van der Waals surface area contributed by atoms with Gasteiger partial charge in [0, 0.05) is 14.1 Å². The Balaban J connectivity index is 0.000000255. The molecule has 0 amide bonds. The van der Waals surface area contributed by atoms with Crippen molar-refractivity contribution in [3.05, 3.63) is 40.8 Å². The van der Waals surface area contributed by atoms with Crippen LogP contribution in [0.2, 0.25) is 5.15 Å². The highest BCUT2D eigenvalue weighted by Crippen LogP contribution is 2.20. The van der Waals surface area contributed by atoms with Crippen LogP contribution in [0.4, 0.5) is 5.82 Å². The van der Waals surface area contributed by atoms with Crippen molar-refractivity contribution < 1.29 is 16.8 Å². The minimum absolute atomic E-state index is 0. The van der Waals surface area contributed by atoms with Crippen molar-refractivity contribution in [2.24, 2.45) is 10.3 Å². The molecule has 0 atom stereocenters. The van der Waals surface area contributed by atoms with E-state index in [0.29, 0.717) is 41.3 Å². The van der Waals surface area contributed by atoms with Crippen LogP contribution in [0.3, 0.4) is 0 Å². The largest absolute Gasteiger partial charge is 0.361 e. The molecule has 0 aromatic carbocycles. The average Bonchev–Trinajstić information content (AvgIpc) is 3.31. The van der Waals surface area contributed by atoms with E-state index in [4.69, 9.17) is 21.9 Å². The van der Waals surface area contributed by atoms with Gasteiger partial charge in [-0.15, -0.1) is 5.10 Å². The lowest BCUT2D eigenvalue weighted by atomic mass is 10.3. The highest BCUT2D eigenvalue weighted by molar-refractivity contribution is 7.89.